The van der Waals surface area contributed by atoms with Crippen molar-refractivity contribution in [1.82, 2.24) is 9.88 Å². The normalized spacial score (nSPS) is 18.6. The van der Waals surface area contributed by atoms with Crippen molar-refractivity contribution in [3.63, 3.8) is 0 Å². The Labute approximate surface area is 120 Å². The van der Waals surface area contributed by atoms with Crippen LogP contribution in [-0.2, 0) is 4.79 Å². The molecule has 0 bridgehead atoms. The number of nitrogens with one attached hydrogen (secondary N) is 1. The van der Waals surface area contributed by atoms with Crippen LogP contribution >= 0.6 is 12.6 Å². The maximum atomic E-state index is 12.0. The van der Waals surface area contributed by atoms with E-state index in [1.807, 2.05) is 30.0 Å². The van der Waals surface area contributed by atoms with Crippen LogP contribution in [0.15, 0.2) is 18.2 Å². The van der Waals surface area contributed by atoms with Gasteiger partial charge in [0.2, 0.25) is 5.91 Å². The van der Waals surface area contributed by atoms with Gasteiger partial charge >= 0.3 is 0 Å². The molecule has 1 aromatic heterocycles. The molecule has 2 rings (SSSR count). The minimum atomic E-state index is 0.219. The molecule has 1 atom stereocenters. The van der Waals surface area contributed by atoms with Gasteiger partial charge in [-0.1, -0.05) is 6.07 Å². The van der Waals surface area contributed by atoms with Crippen molar-refractivity contribution in [2.24, 2.45) is 0 Å². The number of hydrogen-bond acceptors (Lipinski definition) is 4. The number of rotatable bonds is 5. The van der Waals surface area contributed by atoms with Crippen molar-refractivity contribution in [3.8, 4) is 0 Å². The topological polar surface area (TPSA) is 45.2 Å². The van der Waals surface area contributed by atoms with E-state index in [1.165, 1.54) is 0 Å². The van der Waals surface area contributed by atoms with Crippen molar-refractivity contribution in [2.45, 2.75) is 32.2 Å². The highest BCUT2D eigenvalue weighted by molar-refractivity contribution is 7.80. The van der Waals surface area contributed by atoms with E-state index in [4.69, 9.17) is 0 Å². The van der Waals surface area contributed by atoms with Crippen LogP contribution in [0.4, 0.5) is 5.82 Å². The highest BCUT2D eigenvalue weighted by atomic mass is 32.1. The molecule has 0 saturated carbocycles. The molecule has 5 heteroatoms. The van der Waals surface area contributed by atoms with Gasteiger partial charge in [0, 0.05) is 31.2 Å². The minimum absolute atomic E-state index is 0.219. The Kier molecular flexibility index (Phi) is 5.07. The lowest BCUT2D eigenvalue weighted by molar-refractivity contribution is -0.131. The van der Waals surface area contributed by atoms with Crippen LogP contribution in [0.3, 0.4) is 0 Å². The summed E-state index contributed by atoms with van der Waals surface area (Å²) in [5.41, 5.74) is 0.999. The number of likely N-dealkylation sites (tertiary alicyclic amines) is 1. The highest BCUT2D eigenvalue weighted by Crippen LogP contribution is 2.19. The quantitative estimate of drug-likeness (QED) is 0.812. The molecule has 1 saturated heterocycles. The Morgan fingerprint density at radius 1 is 1.58 bits per heavy atom. The number of carbonyl (C=O) groups is 1. The molecule has 19 heavy (non-hydrogen) atoms. The average Bonchev–Trinajstić information content (AvgIpc) is 2.85. The first-order valence-electron chi connectivity index (χ1n) is 6.78. The molecule has 0 aliphatic carbocycles. The van der Waals surface area contributed by atoms with Crippen molar-refractivity contribution < 1.29 is 4.79 Å². The van der Waals surface area contributed by atoms with Crippen LogP contribution in [0.25, 0.3) is 0 Å². The number of hydrogen-bond donors (Lipinski definition) is 2. The third-order valence-electron chi connectivity index (χ3n) is 3.43. The van der Waals surface area contributed by atoms with Gasteiger partial charge in [-0.05, 0) is 37.7 Å². The van der Waals surface area contributed by atoms with Gasteiger partial charge in [0.25, 0.3) is 0 Å². The lowest BCUT2D eigenvalue weighted by Crippen LogP contribution is -2.39. The molecule has 1 amide bonds. The molecule has 1 unspecified atom stereocenters. The van der Waals surface area contributed by atoms with Gasteiger partial charge in [0.05, 0.1) is 0 Å². The van der Waals surface area contributed by atoms with Gasteiger partial charge in [-0.3, -0.25) is 4.79 Å². The zero-order valence-corrected chi connectivity index (χ0v) is 12.2. The maximum absolute atomic E-state index is 12.0. The first-order chi connectivity index (χ1) is 9.20. The second kappa shape index (κ2) is 6.80. The molecular weight excluding hydrogens is 258 g/mol. The first-order valence-corrected chi connectivity index (χ1v) is 7.42. The first kappa shape index (κ1) is 14.2. The number of aryl methyl sites for hydroxylation is 1. The smallest absolute Gasteiger partial charge is 0.223 e. The van der Waals surface area contributed by atoms with E-state index in [0.717, 1.165) is 37.4 Å². The Morgan fingerprint density at radius 2 is 2.42 bits per heavy atom. The molecule has 1 fully saturated rings. The van der Waals surface area contributed by atoms with Gasteiger partial charge < -0.3 is 10.2 Å². The minimum Gasteiger partial charge on any atom is -0.368 e. The summed E-state index contributed by atoms with van der Waals surface area (Å²) in [4.78, 5) is 18.4. The van der Waals surface area contributed by atoms with E-state index >= 15 is 0 Å². The summed E-state index contributed by atoms with van der Waals surface area (Å²) in [6.07, 6.45) is 2.69. The summed E-state index contributed by atoms with van der Waals surface area (Å²) < 4.78 is 0. The molecule has 1 aliphatic rings. The number of amides is 1. The second-order valence-electron chi connectivity index (χ2n) is 4.90. The molecule has 0 radical (unpaired) electrons. The summed E-state index contributed by atoms with van der Waals surface area (Å²) in [6.45, 7) is 3.62. The summed E-state index contributed by atoms with van der Waals surface area (Å²) >= 11 is 4.13. The zero-order chi connectivity index (χ0) is 13.7. The SMILES string of the molecule is Cc1cccc(NCC2CCCN2C(=O)CCS)n1. The molecule has 4 nitrogen and oxygen atoms in total. The summed E-state index contributed by atoms with van der Waals surface area (Å²) in [5.74, 6) is 1.72. The van der Waals surface area contributed by atoms with Crippen LogP contribution in [0.5, 0.6) is 0 Å². The molecule has 0 aromatic carbocycles. The summed E-state index contributed by atoms with van der Waals surface area (Å²) in [7, 11) is 0. The van der Waals surface area contributed by atoms with Gasteiger partial charge in [-0.15, -0.1) is 0 Å². The van der Waals surface area contributed by atoms with Gasteiger partial charge in [0.1, 0.15) is 5.82 Å². The van der Waals surface area contributed by atoms with Crippen molar-refractivity contribution in [1.29, 1.82) is 0 Å². The number of aromatic nitrogens is 1. The van der Waals surface area contributed by atoms with Crippen LogP contribution in [-0.4, -0.2) is 40.7 Å². The Bertz CT molecular complexity index is 438. The number of anilines is 1. The number of carbonyl (C=O) groups excluding carboxylic acids is 1. The van der Waals surface area contributed by atoms with E-state index in [-0.39, 0.29) is 11.9 Å². The predicted octanol–water partition coefficient (Wildman–Crippen LogP) is 2.11. The van der Waals surface area contributed by atoms with Crippen molar-refractivity contribution in [3.05, 3.63) is 23.9 Å². The lowest BCUT2D eigenvalue weighted by atomic mass is 10.2. The fourth-order valence-electron chi connectivity index (χ4n) is 2.48. The van der Waals surface area contributed by atoms with Crippen LogP contribution < -0.4 is 5.32 Å². The molecule has 2 heterocycles. The Balaban J connectivity index is 1.89. The third kappa shape index (κ3) is 3.86. The van der Waals surface area contributed by atoms with Crippen LogP contribution in [0.2, 0.25) is 0 Å². The second-order valence-corrected chi connectivity index (χ2v) is 5.35. The van der Waals surface area contributed by atoms with Crippen LogP contribution in [0, 0.1) is 6.92 Å². The van der Waals surface area contributed by atoms with E-state index in [0.29, 0.717) is 12.2 Å². The van der Waals surface area contributed by atoms with Gasteiger partial charge in [-0.2, -0.15) is 12.6 Å². The Morgan fingerprint density at radius 3 is 3.16 bits per heavy atom. The maximum Gasteiger partial charge on any atom is 0.223 e. The van der Waals surface area contributed by atoms with E-state index in [2.05, 4.69) is 22.9 Å². The molecule has 0 spiro atoms. The lowest BCUT2D eigenvalue weighted by Gasteiger charge is -2.25. The van der Waals surface area contributed by atoms with E-state index in [9.17, 15) is 4.79 Å². The molecule has 104 valence electrons. The average molecular weight is 279 g/mol. The summed E-state index contributed by atoms with van der Waals surface area (Å²) in [6, 6.07) is 6.21. The van der Waals surface area contributed by atoms with Gasteiger partial charge in [0.15, 0.2) is 0 Å². The third-order valence-corrected chi connectivity index (χ3v) is 3.65. The summed E-state index contributed by atoms with van der Waals surface area (Å²) in [5, 5.41) is 3.33. The fourth-order valence-corrected chi connectivity index (χ4v) is 2.67. The largest absolute Gasteiger partial charge is 0.368 e. The highest BCUT2D eigenvalue weighted by Gasteiger charge is 2.27. The predicted molar refractivity (Wildman–Crippen MR) is 80.7 cm³/mol. The van der Waals surface area contributed by atoms with E-state index < -0.39 is 0 Å². The number of nitrogens with zero attached hydrogens (tertiary/aromatic N) is 2. The molecular formula is C14H21N3OS. The van der Waals surface area contributed by atoms with Crippen LogP contribution in [0.1, 0.15) is 25.0 Å². The fraction of sp³-hybridized carbons (Fsp3) is 0.571. The monoisotopic (exact) mass is 279 g/mol. The van der Waals surface area contributed by atoms with E-state index in [1.54, 1.807) is 0 Å². The molecule has 1 N–H and O–H groups in total. The standard InChI is InChI=1S/C14H21N3OS/c1-11-4-2-6-13(16-11)15-10-12-5-3-8-17(12)14(18)7-9-19/h2,4,6,12,19H,3,5,7-10H2,1H3,(H,15,16). The Hall–Kier alpha value is -1.23. The number of pyridine rings is 1. The zero-order valence-electron chi connectivity index (χ0n) is 11.3. The molecule has 1 aromatic rings. The van der Waals surface area contributed by atoms with Gasteiger partial charge in [-0.25, -0.2) is 4.98 Å². The van der Waals surface area contributed by atoms with Crippen molar-refractivity contribution >= 4 is 24.4 Å². The van der Waals surface area contributed by atoms with Crippen molar-refractivity contribution in [2.75, 3.05) is 24.2 Å². The molecule has 1 aliphatic heterocycles. The number of thiol groups is 1.